The maximum atomic E-state index is 11.8. The highest BCUT2D eigenvalue weighted by molar-refractivity contribution is 4.62. The fourth-order valence-corrected chi connectivity index (χ4v) is 1.20. The van der Waals surface area contributed by atoms with Crippen molar-refractivity contribution in [1.82, 2.24) is 0 Å². The molecule has 0 aromatic heterocycles. The number of halogens is 3. The van der Waals surface area contributed by atoms with Gasteiger partial charge in [0, 0.05) is 26.2 Å². The quantitative estimate of drug-likeness (QED) is 0.659. The first-order chi connectivity index (χ1) is 6.45. The molecule has 0 radical (unpaired) electrons. The van der Waals surface area contributed by atoms with E-state index in [1.54, 1.807) is 7.11 Å². The molecule has 0 aromatic rings. The van der Waals surface area contributed by atoms with Crippen LogP contribution >= 0.6 is 0 Å². The second kappa shape index (κ2) is 7.06. The molecule has 5 heteroatoms. The Balaban J connectivity index is 3.31. The van der Waals surface area contributed by atoms with Gasteiger partial charge in [-0.25, -0.2) is 0 Å². The third kappa shape index (κ3) is 9.80. The van der Waals surface area contributed by atoms with Crippen LogP contribution in [0.2, 0.25) is 0 Å². The average Bonchev–Trinajstić information content (AvgIpc) is 2.02. The fourth-order valence-electron chi connectivity index (χ4n) is 1.20. The lowest BCUT2D eigenvalue weighted by atomic mass is 10.1. The van der Waals surface area contributed by atoms with E-state index in [0.717, 1.165) is 12.8 Å². The van der Waals surface area contributed by atoms with Gasteiger partial charge in [0.25, 0.3) is 0 Å². The predicted molar refractivity (Wildman–Crippen MR) is 49.0 cm³/mol. The zero-order valence-corrected chi connectivity index (χ0v) is 8.44. The zero-order chi connectivity index (χ0) is 11.0. The van der Waals surface area contributed by atoms with Crippen LogP contribution in [0.3, 0.4) is 0 Å². The highest BCUT2D eigenvalue weighted by atomic mass is 19.4. The summed E-state index contributed by atoms with van der Waals surface area (Å²) in [5, 5.41) is 0. The molecule has 0 spiro atoms. The van der Waals surface area contributed by atoms with Crippen molar-refractivity contribution in [1.29, 1.82) is 0 Å². The number of methoxy groups -OCH3 is 1. The van der Waals surface area contributed by atoms with Gasteiger partial charge in [0.1, 0.15) is 0 Å². The monoisotopic (exact) mass is 213 g/mol. The molecule has 1 atom stereocenters. The van der Waals surface area contributed by atoms with Crippen molar-refractivity contribution in [3.63, 3.8) is 0 Å². The van der Waals surface area contributed by atoms with Crippen LogP contribution in [0.15, 0.2) is 0 Å². The van der Waals surface area contributed by atoms with Crippen molar-refractivity contribution in [2.75, 3.05) is 13.7 Å². The van der Waals surface area contributed by atoms with Crippen LogP contribution in [0, 0.1) is 0 Å². The van der Waals surface area contributed by atoms with Gasteiger partial charge in [0.2, 0.25) is 0 Å². The van der Waals surface area contributed by atoms with Gasteiger partial charge >= 0.3 is 6.18 Å². The van der Waals surface area contributed by atoms with E-state index in [2.05, 4.69) is 0 Å². The van der Waals surface area contributed by atoms with Gasteiger partial charge in [-0.3, -0.25) is 0 Å². The number of nitrogens with two attached hydrogens (primary N) is 1. The summed E-state index contributed by atoms with van der Waals surface area (Å²) in [6.45, 7) is 0.618. The first-order valence-electron chi connectivity index (χ1n) is 4.77. The molecule has 0 aliphatic carbocycles. The molecule has 0 aliphatic heterocycles. The number of alkyl halides is 3. The minimum Gasteiger partial charge on any atom is -0.385 e. The third-order valence-electron chi connectivity index (χ3n) is 1.96. The first-order valence-corrected chi connectivity index (χ1v) is 4.77. The lowest BCUT2D eigenvalue weighted by molar-refractivity contribution is -0.135. The Bertz CT molecular complexity index is 139. The summed E-state index contributed by atoms with van der Waals surface area (Å²) < 4.78 is 40.1. The molecule has 2 N–H and O–H groups in total. The minimum atomic E-state index is -4.05. The minimum absolute atomic E-state index is 0.123. The van der Waals surface area contributed by atoms with E-state index in [4.69, 9.17) is 10.5 Å². The Hall–Kier alpha value is -0.290. The normalized spacial score (nSPS) is 14.4. The van der Waals surface area contributed by atoms with Crippen LogP contribution in [-0.2, 0) is 4.74 Å². The molecule has 0 aliphatic rings. The maximum absolute atomic E-state index is 11.8. The summed E-state index contributed by atoms with van der Waals surface area (Å²) in [6, 6.07) is -0.132. The number of hydrogen-bond donors (Lipinski definition) is 1. The van der Waals surface area contributed by atoms with Crippen LogP contribution in [0.25, 0.3) is 0 Å². The molecule has 14 heavy (non-hydrogen) atoms. The van der Waals surface area contributed by atoms with E-state index >= 15 is 0 Å². The van der Waals surface area contributed by atoms with Crippen molar-refractivity contribution >= 4 is 0 Å². The van der Waals surface area contributed by atoms with Crippen LogP contribution in [0.5, 0.6) is 0 Å². The van der Waals surface area contributed by atoms with Crippen LogP contribution < -0.4 is 5.73 Å². The van der Waals surface area contributed by atoms with Crippen molar-refractivity contribution in [2.24, 2.45) is 5.73 Å². The maximum Gasteiger partial charge on any atom is 0.389 e. The Morgan fingerprint density at radius 2 is 1.79 bits per heavy atom. The largest absolute Gasteiger partial charge is 0.389 e. The second-order valence-electron chi connectivity index (χ2n) is 3.40. The van der Waals surface area contributed by atoms with E-state index in [1.165, 1.54) is 0 Å². The molecule has 0 rings (SSSR count). The highest BCUT2D eigenvalue weighted by Crippen LogP contribution is 2.22. The zero-order valence-electron chi connectivity index (χ0n) is 8.44. The molecular weight excluding hydrogens is 195 g/mol. The Morgan fingerprint density at radius 1 is 1.21 bits per heavy atom. The van der Waals surface area contributed by atoms with E-state index in [-0.39, 0.29) is 12.5 Å². The molecule has 1 unspecified atom stereocenters. The molecule has 0 bridgehead atoms. The summed E-state index contributed by atoms with van der Waals surface area (Å²) >= 11 is 0. The molecule has 0 amide bonds. The topological polar surface area (TPSA) is 35.2 Å². The second-order valence-corrected chi connectivity index (χ2v) is 3.40. The summed E-state index contributed by atoms with van der Waals surface area (Å²) in [4.78, 5) is 0. The Kier molecular flexibility index (Phi) is 6.92. The van der Waals surface area contributed by atoms with Gasteiger partial charge in [-0.1, -0.05) is 0 Å². The van der Waals surface area contributed by atoms with E-state index in [1.807, 2.05) is 0 Å². The summed E-state index contributed by atoms with van der Waals surface area (Å²) in [5.41, 5.74) is 5.62. The van der Waals surface area contributed by atoms with Gasteiger partial charge in [0.15, 0.2) is 0 Å². The SMILES string of the molecule is COCCCC(N)CCCC(F)(F)F. The number of hydrogen-bond acceptors (Lipinski definition) is 2. The molecule has 0 heterocycles. The molecule has 0 saturated heterocycles. The average molecular weight is 213 g/mol. The highest BCUT2D eigenvalue weighted by Gasteiger charge is 2.26. The Labute approximate surface area is 82.6 Å². The lowest BCUT2D eigenvalue weighted by Crippen LogP contribution is -2.21. The summed E-state index contributed by atoms with van der Waals surface area (Å²) in [7, 11) is 1.59. The lowest BCUT2D eigenvalue weighted by Gasteiger charge is -2.11. The molecule has 0 saturated carbocycles. The number of rotatable bonds is 7. The third-order valence-corrected chi connectivity index (χ3v) is 1.96. The van der Waals surface area contributed by atoms with Crippen molar-refractivity contribution in [3.05, 3.63) is 0 Å². The summed E-state index contributed by atoms with van der Waals surface area (Å²) in [5.74, 6) is 0. The van der Waals surface area contributed by atoms with Crippen LogP contribution in [0.4, 0.5) is 13.2 Å². The van der Waals surface area contributed by atoms with Crippen molar-refractivity contribution in [2.45, 2.75) is 44.3 Å². The van der Waals surface area contributed by atoms with Gasteiger partial charge < -0.3 is 10.5 Å². The van der Waals surface area contributed by atoms with E-state index in [0.29, 0.717) is 13.0 Å². The molecule has 0 aromatic carbocycles. The van der Waals surface area contributed by atoms with Gasteiger partial charge in [-0.2, -0.15) is 13.2 Å². The Morgan fingerprint density at radius 3 is 2.29 bits per heavy atom. The fraction of sp³-hybridized carbons (Fsp3) is 1.00. The molecular formula is C9H18F3NO. The first kappa shape index (κ1) is 13.7. The summed E-state index contributed by atoms with van der Waals surface area (Å²) in [6.07, 6.45) is -2.69. The van der Waals surface area contributed by atoms with Crippen LogP contribution in [0.1, 0.15) is 32.1 Å². The van der Waals surface area contributed by atoms with E-state index in [9.17, 15) is 13.2 Å². The van der Waals surface area contributed by atoms with Gasteiger partial charge in [0.05, 0.1) is 0 Å². The molecule has 86 valence electrons. The molecule has 0 fully saturated rings. The number of ether oxygens (including phenoxy) is 1. The molecule has 2 nitrogen and oxygen atoms in total. The van der Waals surface area contributed by atoms with Gasteiger partial charge in [-0.15, -0.1) is 0 Å². The standard InChI is InChI=1S/C9H18F3NO/c1-14-7-3-5-8(13)4-2-6-9(10,11)12/h8H,2-7,13H2,1H3. The van der Waals surface area contributed by atoms with Crippen molar-refractivity contribution in [3.8, 4) is 0 Å². The predicted octanol–water partition coefficient (Wildman–Crippen LogP) is 2.47. The van der Waals surface area contributed by atoms with Gasteiger partial charge in [-0.05, 0) is 25.7 Å². The van der Waals surface area contributed by atoms with Crippen LogP contribution in [-0.4, -0.2) is 25.9 Å². The smallest absolute Gasteiger partial charge is 0.385 e. The van der Waals surface area contributed by atoms with E-state index < -0.39 is 12.6 Å². The van der Waals surface area contributed by atoms with Crippen molar-refractivity contribution < 1.29 is 17.9 Å².